The molecule has 0 aliphatic carbocycles. The van der Waals surface area contributed by atoms with E-state index < -0.39 is 0 Å². The zero-order valence-electron chi connectivity index (χ0n) is 30.8. The molecule has 0 radical (unpaired) electrons. The molecular formula is C54H38N2. The lowest BCUT2D eigenvalue weighted by atomic mass is 9.94. The van der Waals surface area contributed by atoms with E-state index in [1.54, 1.807) is 0 Å². The van der Waals surface area contributed by atoms with Crippen molar-refractivity contribution < 1.29 is 0 Å². The number of anilines is 3. The molecule has 2 heteroatoms. The lowest BCUT2D eigenvalue weighted by Gasteiger charge is -2.28. The quantitative estimate of drug-likeness (QED) is 0.152. The van der Waals surface area contributed by atoms with E-state index in [0.717, 1.165) is 33.9 Å². The van der Waals surface area contributed by atoms with Gasteiger partial charge in [0, 0.05) is 33.4 Å². The number of nitrogens with zero attached hydrogens (tertiary/aromatic N) is 2. The maximum absolute atomic E-state index is 2.39. The molecule has 0 saturated carbocycles. The third kappa shape index (κ3) is 6.04. The highest BCUT2D eigenvalue weighted by Gasteiger charge is 2.19. The molecule has 56 heavy (non-hydrogen) atoms. The number of hydrogen-bond donors (Lipinski definition) is 0. The van der Waals surface area contributed by atoms with E-state index in [1.807, 2.05) is 0 Å². The molecule has 10 rings (SSSR count). The van der Waals surface area contributed by atoms with Crippen LogP contribution in [0, 0.1) is 0 Å². The summed E-state index contributed by atoms with van der Waals surface area (Å²) in [6, 6.07) is 83.0. The molecule has 0 spiro atoms. The smallest absolute Gasteiger partial charge is 0.0547 e. The molecule has 0 unspecified atom stereocenters. The average molecular weight is 715 g/mol. The fraction of sp³-hybridized carbons (Fsp3) is 0. The Morgan fingerprint density at radius 1 is 0.304 bits per heavy atom. The second kappa shape index (κ2) is 14.4. The van der Waals surface area contributed by atoms with Crippen LogP contribution >= 0.6 is 0 Å². The van der Waals surface area contributed by atoms with Crippen molar-refractivity contribution in [1.29, 1.82) is 0 Å². The minimum absolute atomic E-state index is 1.10. The SMILES string of the molecule is c1ccc(-c2cccc(-c3ccc(N(c4ccccc4)c4ccccc4-c4cccc(-c5cccc6c5c5ccccc5n6-c5ccccc5)c4)cc3)c2)cc1. The standard InChI is InChI=1S/C54H38N2/c1-4-17-39(18-5-1)41-19-14-20-42(37-41)40-33-35-47(36-34-40)55(45-23-6-2-7-24-45)51-30-12-10-27-48(51)43-21-15-22-44(38-43)49-29-16-32-53-54(49)50-28-11-13-31-52(50)56(53)46-25-8-3-9-26-46/h1-38H. The molecule has 0 N–H and O–H groups in total. The zero-order chi connectivity index (χ0) is 37.3. The molecule has 0 aliphatic rings. The van der Waals surface area contributed by atoms with Crippen LogP contribution in [0.1, 0.15) is 0 Å². The molecule has 9 aromatic carbocycles. The molecule has 2 nitrogen and oxygen atoms in total. The molecule has 1 heterocycles. The molecule has 264 valence electrons. The molecule has 0 fully saturated rings. The van der Waals surface area contributed by atoms with Gasteiger partial charge in [-0.1, -0.05) is 164 Å². The summed E-state index contributed by atoms with van der Waals surface area (Å²) in [4.78, 5) is 2.38. The van der Waals surface area contributed by atoms with Crippen LogP contribution in [0.2, 0.25) is 0 Å². The van der Waals surface area contributed by atoms with Gasteiger partial charge < -0.3 is 9.47 Å². The van der Waals surface area contributed by atoms with Gasteiger partial charge in [-0.05, 0) is 106 Å². The third-order valence-corrected chi connectivity index (χ3v) is 10.8. The monoisotopic (exact) mass is 714 g/mol. The maximum atomic E-state index is 2.39. The Hall–Kier alpha value is -7.42. The van der Waals surface area contributed by atoms with Crippen molar-refractivity contribution in [2.24, 2.45) is 0 Å². The fourth-order valence-electron chi connectivity index (χ4n) is 8.20. The third-order valence-electron chi connectivity index (χ3n) is 10.8. The van der Waals surface area contributed by atoms with E-state index in [-0.39, 0.29) is 0 Å². The molecule has 0 amide bonds. The van der Waals surface area contributed by atoms with Gasteiger partial charge in [0.1, 0.15) is 0 Å². The van der Waals surface area contributed by atoms with Crippen LogP contribution in [0.15, 0.2) is 231 Å². The molecule has 0 bridgehead atoms. The van der Waals surface area contributed by atoms with Gasteiger partial charge in [-0.2, -0.15) is 0 Å². The Bertz CT molecular complexity index is 2940. The first-order valence-corrected chi connectivity index (χ1v) is 19.2. The number of aromatic nitrogens is 1. The van der Waals surface area contributed by atoms with E-state index >= 15 is 0 Å². The van der Waals surface area contributed by atoms with Crippen molar-refractivity contribution in [2.45, 2.75) is 0 Å². The van der Waals surface area contributed by atoms with Gasteiger partial charge in [-0.25, -0.2) is 0 Å². The topological polar surface area (TPSA) is 8.17 Å². The summed E-state index contributed by atoms with van der Waals surface area (Å²) in [7, 11) is 0. The van der Waals surface area contributed by atoms with Crippen LogP contribution in [-0.4, -0.2) is 4.57 Å². The second-order valence-corrected chi connectivity index (χ2v) is 14.2. The summed E-state index contributed by atoms with van der Waals surface area (Å²) >= 11 is 0. The minimum atomic E-state index is 1.10. The number of rotatable bonds is 8. The lowest BCUT2D eigenvalue weighted by molar-refractivity contribution is 1.18. The van der Waals surface area contributed by atoms with Crippen molar-refractivity contribution in [3.05, 3.63) is 231 Å². The van der Waals surface area contributed by atoms with Gasteiger partial charge in [0.05, 0.1) is 16.7 Å². The first kappa shape index (κ1) is 33.2. The highest BCUT2D eigenvalue weighted by molar-refractivity contribution is 6.16. The van der Waals surface area contributed by atoms with E-state index in [9.17, 15) is 0 Å². The van der Waals surface area contributed by atoms with Gasteiger partial charge in [0.15, 0.2) is 0 Å². The van der Waals surface area contributed by atoms with Crippen LogP contribution in [0.4, 0.5) is 17.1 Å². The van der Waals surface area contributed by atoms with Crippen LogP contribution < -0.4 is 4.90 Å². The van der Waals surface area contributed by atoms with Crippen LogP contribution in [-0.2, 0) is 0 Å². The van der Waals surface area contributed by atoms with Crippen molar-refractivity contribution in [3.8, 4) is 50.2 Å². The number of benzene rings is 9. The van der Waals surface area contributed by atoms with Gasteiger partial charge in [0.25, 0.3) is 0 Å². The second-order valence-electron chi connectivity index (χ2n) is 14.2. The van der Waals surface area contributed by atoms with E-state index in [4.69, 9.17) is 0 Å². The highest BCUT2D eigenvalue weighted by Crippen LogP contribution is 2.43. The van der Waals surface area contributed by atoms with Gasteiger partial charge in [-0.15, -0.1) is 0 Å². The maximum Gasteiger partial charge on any atom is 0.0547 e. The Labute approximate surface area is 327 Å². The minimum Gasteiger partial charge on any atom is -0.310 e. The van der Waals surface area contributed by atoms with Crippen molar-refractivity contribution in [3.63, 3.8) is 0 Å². The predicted octanol–water partition coefficient (Wildman–Crippen LogP) is 14.9. The summed E-state index contributed by atoms with van der Waals surface area (Å²) < 4.78 is 2.39. The molecule has 0 saturated heterocycles. The van der Waals surface area contributed by atoms with E-state index in [2.05, 4.69) is 240 Å². The fourth-order valence-corrected chi connectivity index (χ4v) is 8.20. The van der Waals surface area contributed by atoms with Crippen LogP contribution in [0.5, 0.6) is 0 Å². The summed E-state index contributed by atoms with van der Waals surface area (Å²) in [5, 5.41) is 2.51. The largest absolute Gasteiger partial charge is 0.310 e. The Balaban J connectivity index is 1.07. The molecule has 10 aromatic rings. The van der Waals surface area contributed by atoms with Crippen LogP contribution in [0.25, 0.3) is 72.0 Å². The number of para-hydroxylation sites is 4. The Morgan fingerprint density at radius 3 is 1.54 bits per heavy atom. The summed E-state index contributed by atoms with van der Waals surface area (Å²) in [5.41, 5.74) is 16.4. The van der Waals surface area contributed by atoms with Crippen LogP contribution in [0.3, 0.4) is 0 Å². The Morgan fingerprint density at radius 2 is 0.786 bits per heavy atom. The first-order chi connectivity index (χ1) is 27.8. The normalized spacial score (nSPS) is 11.2. The zero-order valence-corrected chi connectivity index (χ0v) is 30.8. The summed E-state index contributed by atoms with van der Waals surface area (Å²) in [6.07, 6.45) is 0. The summed E-state index contributed by atoms with van der Waals surface area (Å²) in [6.45, 7) is 0. The molecular weight excluding hydrogens is 677 g/mol. The van der Waals surface area contributed by atoms with Gasteiger partial charge >= 0.3 is 0 Å². The van der Waals surface area contributed by atoms with Gasteiger partial charge in [-0.3, -0.25) is 0 Å². The molecule has 0 aliphatic heterocycles. The van der Waals surface area contributed by atoms with Gasteiger partial charge in [0.2, 0.25) is 0 Å². The summed E-state index contributed by atoms with van der Waals surface area (Å²) in [5.74, 6) is 0. The first-order valence-electron chi connectivity index (χ1n) is 19.2. The predicted molar refractivity (Wildman–Crippen MR) is 237 cm³/mol. The van der Waals surface area contributed by atoms with Crippen molar-refractivity contribution in [2.75, 3.05) is 4.90 Å². The van der Waals surface area contributed by atoms with E-state index in [0.29, 0.717) is 0 Å². The van der Waals surface area contributed by atoms with Crippen molar-refractivity contribution >= 4 is 38.9 Å². The lowest BCUT2D eigenvalue weighted by Crippen LogP contribution is -2.11. The molecule has 0 atom stereocenters. The number of fused-ring (bicyclic) bond motifs is 3. The number of hydrogen-bond acceptors (Lipinski definition) is 1. The highest BCUT2D eigenvalue weighted by atomic mass is 15.1. The Kier molecular flexibility index (Phi) is 8.55. The van der Waals surface area contributed by atoms with Crippen molar-refractivity contribution in [1.82, 2.24) is 4.57 Å². The average Bonchev–Trinajstić information content (AvgIpc) is 3.63. The van der Waals surface area contributed by atoms with E-state index in [1.165, 1.54) is 55.2 Å². The molecule has 1 aromatic heterocycles.